The molecule has 0 aromatic carbocycles. The highest BCUT2D eigenvalue weighted by Crippen LogP contribution is 2.24. The third-order valence-corrected chi connectivity index (χ3v) is 3.74. The summed E-state index contributed by atoms with van der Waals surface area (Å²) in [6.45, 7) is 3.78. The number of halogens is 2. The molecule has 1 aliphatic rings. The van der Waals surface area contributed by atoms with Crippen LogP contribution >= 0.6 is 23.2 Å². The molecule has 0 unspecified atom stereocenters. The summed E-state index contributed by atoms with van der Waals surface area (Å²) in [6.07, 6.45) is 1.57. The van der Waals surface area contributed by atoms with E-state index in [1.807, 2.05) is 0 Å². The zero-order valence-electron chi connectivity index (χ0n) is 10.5. The van der Waals surface area contributed by atoms with E-state index in [2.05, 4.69) is 31.8 Å². The van der Waals surface area contributed by atoms with E-state index in [1.165, 1.54) is 0 Å². The lowest BCUT2D eigenvalue weighted by molar-refractivity contribution is 0.311. The maximum atomic E-state index is 6.20. The zero-order valence-corrected chi connectivity index (χ0v) is 12.0. The van der Waals surface area contributed by atoms with Gasteiger partial charge in [0, 0.05) is 32.4 Å². The number of likely N-dealkylation sites (N-methyl/N-ethyl adjacent to an activating group) is 1. The van der Waals surface area contributed by atoms with Gasteiger partial charge in [0.15, 0.2) is 5.65 Å². The molecule has 3 heterocycles. The Bertz CT molecular complexity index is 610. The van der Waals surface area contributed by atoms with Gasteiger partial charge >= 0.3 is 0 Å². The Morgan fingerprint density at radius 1 is 1.11 bits per heavy atom. The van der Waals surface area contributed by atoms with Gasteiger partial charge in [0.2, 0.25) is 5.95 Å². The lowest BCUT2D eigenvalue weighted by atomic mass is 10.3. The molecule has 0 saturated carbocycles. The van der Waals surface area contributed by atoms with Gasteiger partial charge in [-0.2, -0.15) is 4.98 Å². The predicted molar refractivity (Wildman–Crippen MR) is 77.1 cm³/mol. The number of hydrogen-bond donors (Lipinski definition) is 0. The molecule has 7 heteroatoms. The Hall–Kier alpha value is -1.17. The van der Waals surface area contributed by atoms with Gasteiger partial charge in [-0.25, -0.2) is 9.97 Å². The number of rotatable bonds is 1. The van der Waals surface area contributed by atoms with E-state index in [1.54, 1.807) is 12.3 Å². The minimum absolute atomic E-state index is 0.397. The van der Waals surface area contributed by atoms with Gasteiger partial charge in [-0.1, -0.05) is 23.2 Å². The van der Waals surface area contributed by atoms with Gasteiger partial charge in [-0.3, -0.25) is 0 Å². The van der Waals surface area contributed by atoms with E-state index in [0.717, 1.165) is 26.2 Å². The van der Waals surface area contributed by atoms with Crippen molar-refractivity contribution in [1.82, 2.24) is 19.9 Å². The molecule has 0 N–H and O–H groups in total. The smallest absolute Gasteiger partial charge is 0.228 e. The van der Waals surface area contributed by atoms with Crippen molar-refractivity contribution < 1.29 is 0 Å². The highest BCUT2D eigenvalue weighted by atomic mass is 35.5. The fourth-order valence-electron chi connectivity index (χ4n) is 2.09. The summed E-state index contributed by atoms with van der Waals surface area (Å²) in [5.74, 6) is 0.639. The molecule has 0 aliphatic carbocycles. The van der Waals surface area contributed by atoms with Crippen LogP contribution in [0.15, 0.2) is 12.3 Å². The number of fused-ring (bicyclic) bond motifs is 1. The van der Waals surface area contributed by atoms with Crippen LogP contribution in [0.3, 0.4) is 0 Å². The minimum Gasteiger partial charge on any atom is -0.338 e. The van der Waals surface area contributed by atoms with E-state index in [-0.39, 0.29) is 0 Å². The first-order valence-electron chi connectivity index (χ1n) is 6.06. The normalized spacial score (nSPS) is 17.1. The number of anilines is 1. The van der Waals surface area contributed by atoms with E-state index in [9.17, 15) is 0 Å². The van der Waals surface area contributed by atoms with Crippen LogP contribution in [0.4, 0.5) is 5.95 Å². The topological polar surface area (TPSA) is 45.2 Å². The molecule has 1 aliphatic heterocycles. The van der Waals surface area contributed by atoms with E-state index < -0.39 is 0 Å². The fraction of sp³-hybridized carbons (Fsp3) is 0.417. The van der Waals surface area contributed by atoms with Crippen LogP contribution in [0.5, 0.6) is 0 Å². The minimum atomic E-state index is 0.397. The van der Waals surface area contributed by atoms with Gasteiger partial charge in [0.1, 0.15) is 5.15 Å². The third-order valence-electron chi connectivity index (χ3n) is 3.25. The maximum absolute atomic E-state index is 6.20. The van der Waals surface area contributed by atoms with Gasteiger partial charge < -0.3 is 9.80 Å². The molecule has 3 rings (SSSR count). The molecule has 100 valence electrons. The van der Waals surface area contributed by atoms with Crippen molar-refractivity contribution in [1.29, 1.82) is 0 Å². The summed E-state index contributed by atoms with van der Waals surface area (Å²) in [5, 5.41) is 1.62. The van der Waals surface area contributed by atoms with E-state index in [4.69, 9.17) is 23.2 Å². The maximum Gasteiger partial charge on any atom is 0.228 e. The standard InChI is InChI=1S/C12H13Cl2N5/c1-18-2-4-19(5-3-18)12-16-10(14)9-6-8(13)7-15-11(9)17-12/h6-7H,2-5H2,1H3. The molecule has 0 radical (unpaired) electrons. The second kappa shape index (κ2) is 5.07. The van der Waals surface area contributed by atoms with Crippen molar-refractivity contribution in [2.45, 2.75) is 0 Å². The van der Waals surface area contributed by atoms with Crippen molar-refractivity contribution in [2.75, 3.05) is 38.1 Å². The van der Waals surface area contributed by atoms with Crippen LogP contribution < -0.4 is 4.90 Å². The summed E-state index contributed by atoms with van der Waals surface area (Å²) in [5.41, 5.74) is 0.582. The summed E-state index contributed by atoms with van der Waals surface area (Å²) in [4.78, 5) is 17.4. The average Bonchev–Trinajstić information content (AvgIpc) is 2.40. The predicted octanol–water partition coefficient (Wildman–Crippen LogP) is 2.08. The van der Waals surface area contributed by atoms with E-state index in [0.29, 0.717) is 27.2 Å². The molecule has 2 aromatic heterocycles. The molecular weight excluding hydrogens is 285 g/mol. The van der Waals surface area contributed by atoms with Crippen LogP contribution in [0.25, 0.3) is 11.0 Å². The van der Waals surface area contributed by atoms with Gasteiger partial charge in [-0.05, 0) is 13.1 Å². The molecule has 0 spiro atoms. The Labute approximate surface area is 121 Å². The number of nitrogens with zero attached hydrogens (tertiary/aromatic N) is 5. The van der Waals surface area contributed by atoms with Crippen LogP contribution in [0.2, 0.25) is 10.2 Å². The summed E-state index contributed by atoms with van der Waals surface area (Å²) in [7, 11) is 2.11. The van der Waals surface area contributed by atoms with Gasteiger partial charge in [-0.15, -0.1) is 0 Å². The highest BCUT2D eigenvalue weighted by Gasteiger charge is 2.18. The van der Waals surface area contributed by atoms with Crippen molar-refractivity contribution in [3.63, 3.8) is 0 Å². The van der Waals surface area contributed by atoms with Crippen molar-refractivity contribution in [2.24, 2.45) is 0 Å². The molecular formula is C12H13Cl2N5. The number of aromatic nitrogens is 3. The molecule has 0 atom stereocenters. The molecule has 0 amide bonds. The van der Waals surface area contributed by atoms with Gasteiger partial charge in [0.05, 0.1) is 10.4 Å². The molecule has 0 bridgehead atoms. The monoisotopic (exact) mass is 297 g/mol. The summed E-state index contributed by atoms with van der Waals surface area (Å²) >= 11 is 12.1. The van der Waals surface area contributed by atoms with Gasteiger partial charge in [0.25, 0.3) is 0 Å². The molecule has 1 saturated heterocycles. The molecule has 5 nitrogen and oxygen atoms in total. The fourth-order valence-corrected chi connectivity index (χ4v) is 2.46. The zero-order chi connectivity index (χ0) is 13.4. The quantitative estimate of drug-likeness (QED) is 0.754. The first-order valence-corrected chi connectivity index (χ1v) is 6.81. The first kappa shape index (κ1) is 12.8. The Morgan fingerprint density at radius 2 is 1.84 bits per heavy atom. The van der Waals surface area contributed by atoms with Crippen LogP contribution in [-0.2, 0) is 0 Å². The Balaban J connectivity index is 1.99. The van der Waals surface area contributed by atoms with E-state index >= 15 is 0 Å². The third kappa shape index (κ3) is 2.59. The van der Waals surface area contributed by atoms with Crippen LogP contribution in [0.1, 0.15) is 0 Å². The lowest BCUT2D eigenvalue weighted by Crippen LogP contribution is -2.45. The second-order valence-electron chi connectivity index (χ2n) is 4.63. The van der Waals surface area contributed by atoms with Crippen LogP contribution in [-0.4, -0.2) is 53.1 Å². The number of piperazine rings is 1. The molecule has 19 heavy (non-hydrogen) atoms. The molecule has 1 fully saturated rings. The Morgan fingerprint density at radius 3 is 2.58 bits per heavy atom. The lowest BCUT2D eigenvalue weighted by Gasteiger charge is -2.32. The highest BCUT2D eigenvalue weighted by molar-refractivity contribution is 6.35. The summed E-state index contributed by atoms with van der Waals surface area (Å²) in [6, 6.07) is 1.74. The number of hydrogen-bond acceptors (Lipinski definition) is 5. The number of pyridine rings is 1. The van der Waals surface area contributed by atoms with Crippen molar-refractivity contribution >= 4 is 40.2 Å². The SMILES string of the molecule is CN1CCN(c2nc(Cl)c3cc(Cl)cnc3n2)CC1. The molecule has 2 aromatic rings. The summed E-state index contributed by atoms with van der Waals surface area (Å²) < 4.78 is 0. The average molecular weight is 298 g/mol. The van der Waals surface area contributed by atoms with Crippen LogP contribution in [0, 0.1) is 0 Å². The van der Waals surface area contributed by atoms with Crippen molar-refractivity contribution in [3.05, 3.63) is 22.4 Å². The largest absolute Gasteiger partial charge is 0.338 e. The first-order chi connectivity index (χ1) is 9.13. The Kier molecular flexibility index (Phi) is 3.43. The second-order valence-corrected chi connectivity index (χ2v) is 5.42. The van der Waals surface area contributed by atoms with Crippen molar-refractivity contribution in [3.8, 4) is 0 Å².